The van der Waals surface area contributed by atoms with E-state index in [1.165, 1.54) is 0 Å². The average molecular weight is 261 g/mol. The molecular weight excluding hydrogens is 234 g/mol. The maximum Gasteiger partial charge on any atom is 0.407 e. The Hall–Kier alpha value is -0.810. The van der Waals surface area contributed by atoms with E-state index in [1.807, 2.05) is 0 Å². The van der Waals surface area contributed by atoms with Crippen molar-refractivity contribution in [2.24, 2.45) is 17.8 Å². The summed E-state index contributed by atoms with van der Waals surface area (Å²) in [6.45, 7) is 8.57. The number of nitrogens with one attached hydrogen (secondary N) is 1. The number of aliphatic hydroxyl groups excluding tert-OH is 2. The molecule has 0 rings (SSSR count). The second-order valence-electron chi connectivity index (χ2n) is 5.45. The second-order valence-corrected chi connectivity index (χ2v) is 5.45. The molecule has 0 fully saturated rings. The summed E-state index contributed by atoms with van der Waals surface area (Å²) in [6.07, 6.45) is -0.499. The molecule has 0 aromatic carbocycles. The minimum Gasteiger partial charge on any atom is -0.447 e. The summed E-state index contributed by atoms with van der Waals surface area (Å²) in [5.41, 5.74) is 0. The first kappa shape index (κ1) is 17.2. The molecule has 3 N–H and O–H groups in total. The number of ether oxygens (including phenoxy) is 1. The van der Waals surface area contributed by atoms with Crippen molar-refractivity contribution in [2.45, 2.75) is 40.2 Å². The Morgan fingerprint density at radius 1 is 1.28 bits per heavy atom. The third-order valence-corrected chi connectivity index (χ3v) is 2.84. The summed E-state index contributed by atoms with van der Waals surface area (Å²) in [4.78, 5) is 11.4. The minimum absolute atomic E-state index is 0.182. The van der Waals surface area contributed by atoms with E-state index in [9.17, 15) is 4.79 Å². The highest BCUT2D eigenvalue weighted by Crippen LogP contribution is 2.19. The third-order valence-electron chi connectivity index (χ3n) is 2.84. The monoisotopic (exact) mass is 261 g/mol. The van der Waals surface area contributed by atoms with Crippen LogP contribution in [-0.4, -0.2) is 42.2 Å². The number of alkyl carbamates (subject to hydrolysis) is 1. The van der Waals surface area contributed by atoms with E-state index in [-0.39, 0.29) is 6.61 Å². The van der Waals surface area contributed by atoms with Crippen LogP contribution >= 0.6 is 0 Å². The molecule has 1 amide bonds. The standard InChI is InChI=1S/C13H27NO4/c1-9(2)5-11(10(3)4)6-14-13(17)18-8-12(16)7-15/h9-12,15-16H,5-8H2,1-4H3,(H,14,17). The summed E-state index contributed by atoms with van der Waals surface area (Å²) in [5.74, 6) is 1.50. The summed E-state index contributed by atoms with van der Waals surface area (Å²) in [6, 6.07) is 0. The van der Waals surface area contributed by atoms with E-state index in [2.05, 4.69) is 33.0 Å². The number of carbonyl (C=O) groups is 1. The Labute approximate surface area is 110 Å². The molecule has 108 valence electrons. The lowest BCUT2D eigenvalue weighted by molar-refractivity contribution is 0.0316. The first-order valence-corrected chi connectivity index (χ1v) is 6.56. The Kier molecular flexibility index (Phi) is 8.75. The number of rotatable bonds is 8. The number of aliphatic hydroxyl groups is 2. The molecule has 2 unspecified atom stereocenters. The van der Waals surface area contributed by atoms with Crippen LogP contribution in [0.1, 0.15) is 34.1 Å². The molecule has 0 aliphatic rings. The minimum atomic E-state index is -1.01. The summed E-state index contributed by atoms with van der Waals surface area (Å²) in [5, 5.41) is 20.3. The molecule has 0 aliphatic heterocycles. The van der Waals surface area contributed by atoms with Crippen LogP contribution in [0.5, 0.6) is 0 Å². The van der Waals surface area contributed by atoms with E-state index in [0.717, 1.165) is 6.42 Å². The van der Waals surface area contributed by atoms with Gasteiger partial charge in [-0.05, 0) is 24.2 Å². The van der Waals surface area contributed by atoms with Crippen molar-refractivity contribution in [3.05, 3.63) is 0 Å². The van der Waals surface area contributed by atoms with E-state index in [4.69, 9.17) is 14.9 Å². The molecule has 0 aliphatic carbocycles. The van der Waals surface area contributed by atoms with Crippen molar-refractivity contribution in [3.8, 4) is 0 Å². The SMILES string of the molecule is CC(C)CC(CNC(=O)OCC(O)CO)C(C)C. The first-order chi connectivity index (χ1) is 8.36. The van der Waals surface area contributed by atoms with E-state index < -0.39 is 18.8 Å². The largest absolute Gasteiger partial charge is 0.447 e. The first-order valence-electron chi connectivity index (χ1n) is 6.56. The Balaban J connectivity index is 3.92. The van der Waals surface area contributed by atoms with Gasteiger partial charge in [-0.3, -0.25) is 0 Å². The van der Waals surface area contributed by atoms with E-state index >= 15 is 0 Å². The summed E-state index contributed by atoms with van der Waals surface area (Å²) >= 11 is 0. The number of hydrogen-bond donors (Lipinski definition) is 3. The van der Waals surface area contributed by atoms with Gasteiger partial charge < -0.3 is 20.3 Å². The zero-order valence-electron chi connectivity index (χ0n) is 11.8. The third kappa shape index (κ3) is 8.31. The topological polar surface area (TPSA) is 78.8 Å². The molecule has 0 saturated carbocycles. The molecule has 0 heterocycles. The van der Waals surface area contributed by atoms with Crippen LogP contribution in [0.4, 0.5) is 4.79 Å². The zero-order chi connectivity index (χ0) is 14.1. The predicted octanol–water partition coefficient (Wildman–Crippen LogP) is 1.38. The van der Waals surface area contributed by atoms with Gasteiger partial charge in [0.1, 0.15) is 12.7 Å². The fourth-order valence-corrected chi connectivity index (χ4v) is 1.69. The summed E-state index contributed by atoms with van der Waals surface area (Å²) in [7, 11) is 0. The molecule has 0 radical (unpaired) electrons. The normalized spacial score (nSPS) is 14.7. The lowest BCUT2D eigenvalue weighted by Gasteiger charge is -2.23. The van der Waals surface area contributed by atoms with Crippen LogP contribution in [-0.2, 0) is 4.74 Å². The van der Waals surface area contributed by atoms with Crippen LogP contribution in [0.15, 0.2) is 0 Å². The van der Waals surface area contributed by atoms with E-state index in [0.29, 0.717) is 24.3 Å². The predicted molar refractivity (Wildman–Crippen MR) is 70.2 cm³/mol. The highest BCUT2D eigenvalue weighted by Gasteiger charge is 2.16. The Bertz CT molecular complexity index is 231. The molecule has 0 aromatic heterocycles. The van der Waals surface area contributed by atoms with E-state index in [1.54, 1.807) is 0 Å². The molecule has 2 atom stereocenters. The van der Waals surface area contributed by atoms with Gasteiger partial charge in [0.15, 0.2) is 0 Å². The van der Waals surface area contributed by atoms with Gasteiger partial charge in [0.05, 0.1) is 6.61 Å². The van der Waals surface area contributed by atoms with Crippen molar-refractivity contribution in [2.75, 3.05) is 19.8 Å². The van der Waals surface area contributed by atoms with Crippen LogP contribution in [0, 0.1) is 17.8 Å². The molecule has 0 spiro atoms. The average Bonchev–Trinajstić information content (AvgIpc) is 2.30. The molecule has 0 saturated heterocycles. The van der Waals surface area contributed by atoms with Gasteiger partial charge in [0, 0.05) is 6.54 Å². The fourth-order valence-electron chi connectivity index (χ4n) is 1.69. The molecule has 18 heavy (non-hydrogen) atoms. The van der Waals surface area contributed by atoms with Crippen LogP contribution in [0.25, 0.3) is 0 Å². The van der Waals surface area contributed by atoms with Gasteiger partial charge in [-0.25, -0.2) is 4.79 Å². The van der Waals surface area contributed by atoms with Crippen LogP contribution in [0.3, 0.4) is 0 Å². The molecule has 0 aromatic rings. The van der Waals surface area contributed by atoms with Gasteiger partial charge in [0.25, 0.3) is 0 Å². The second kappa shape index (κ2) is 9.16. The molecule has 0 bridgehead atoms. The highest BCUT2D eigenvalue weighted by molar-refractivity contribution is 5.67. The maximum atomic E-state index is 11.4. The zero-order valence-corrected chi connectivity index (χ0v) is 11.8. The van der Waals surface area contributed by atoms with Crippen molar-refractivity contribution in [3.63, 3.8) is 0 Å². The molecule has 5 nitrogen and oxygen atoms in total. The smallest absolute Gasteiger partial charge is 0.407 e. The van der Waals surface area contributed by atoms with Crippen LogP contribution in [0.2, 0.25) is 0 Å². The van der Waals surface area contributed by atoms with Gasteiger partial charge >= 0.3 is 6.09 Å². The van der Waals surface area contributed by atoms with Gasteiger partial charge in [-0.1, -0.05) is 27.7 Å². The van der Waals surface area contributed by atoms with Crippen LogP contribution < -0.4 is 5.32 Å². The van der Waals surface area contributed by atoms with Crippen molar-refractivity contribution >= 4 is 6.09 Å². The molecule has 5 heteroatoms. The Morgan fingerprint density at radius 2 is 1.89 bits per heavy atom. The number of hydrogen-bond acceptors (Lipinski definition) is 4. The molecular formula is C13H27NO4. The highest BCUT2D eigenvalue weighted by atomic mass is 16.6. The van der Waals surface area contributed by atoms with Gasteiger partial charge in [-0.2, -0.15) is 0 Å². The Morgan fingerprint density at radius 3 is 2.33 bits per heavy atom. The van der Waals surface area contributed by atoms with Gasteiger partial charge in [0.2, 0.25) is 0 Å². The summed E-state index contributed by atoms with van der Waals surface area (Å²) < 4.78 is 4.77. The fraction of sp³-hybridized carbons (Fsp3) is 0.923. The lowest BCUT2D eigenvalue weighted by atomic mass is 9.88. The number of carbonyl (C=O) groups excluding carboxylic acids is 1. The lowest BCUT2D eigenvalue weighted by Crippen LogP contribution is -2.34. The van der Waals surface area contributed by atoms with Gasteiger partial charge in [-0.15, -0.1) is 0 Å². The van der Waals surface area contributed by atoms with Crippen molar-refractivity contribution < 1.29 is 19.7 Å². The number of amides is 1. The quantitative estimate of drug-likeness (QED) is 0.617. The van der Waals surface area contributed by atoms with Crippen molar-refractivity contribution in [1.29, 1.82) is 0 Å². The van der Waals surface area contributed by atoms with Crippen molar-refractivity contribution in [1.82, 2.24) is 5.32 Å². The maximum absolute atomic E-state index is 11.4.